The van der Waals surface area contributed by atoms with Crippen molar-refractivity contribution in [3.05, 3.63) is 46.7 Å². The van der Waals surface area contributed by atoms with Gasteiger partial charge in [0.1, 0.15) is 4.90 Å². The number of pyridine rings is 1. The zero-order valence-corrected chi connectivity index (χ0v) is 13.4. The summed E-state index contributed by atoms with van der Waals surface area (Å²) in [5, 5.41) is 2.84. The van der Waals surface area contributed by atoms with Crippen molar-refractivity contribution in [3.63, 3.8) is 0 Å². The van der Waals surface area contributed by atoms with Crippen molar-refractivity contribution in [1.29, 1.82) is 0 Å². The van der Waals surface area contributed by atoms with Crippen LogP contribution in [-0.4, -0.2) is 20.4 Å². The fraction of sp³-hybridized carbons (Fsp3) is 0.154. The molecule has 7 heteroatoms. The van der Waals surface area contributed by atoms with Crippen LogP contribution in [0.2, 0.25) is 0 Å². The molecule has 0 atom stereocenters. The number of benzene rings is 1. The first-order chi connectivity index (χ1) is 9.44. The molecule has 0 unspecified atom stereocenters. The first kappa shape index (κ1) is 14.8. The lowest BCUT2D eigenvalue weighted by Gasteiger charge is -2.13. The van der Waals surface area contributed by atoms with Crippen molar-refractivity contribution >= 4 is 37.3 Å². The van der Waals surface area contributed by atoms with Gasteiger partial charge < -0.3 is 5.32 Å². The van der Waals surface area contributed by atoms with Gasteiger partial charge in [-0.25, -0.2) is 8.42 Å². The summed E-state index contributed by atoms with van der Waals surface area (Å²) in [5.41, 5.74) is 1.87. The van der Waals surface area contributed by atoms with Crippen molar-refractivity contribution in [2.45, 2.75) is 11.8 Å². The predicted octanol–water partition coefficient (Wildman–Crippen LogP) is 3.00. The van der Waals surface area contributed by atoms with Crippen LogP contribution in [0.3, 0.4) is 0 Å². The van der Waals surface area contributed by atoms with Gasteiger partial charge in [0, 0.05) is 23.9 Å². The molecule has 0 bridgehead atoms. The van der Waals surface area contributed by atoms with Gasteiger partial charge in [-0.05, 0) is 36.8 Å². The van der Waals surface area contributed by atoms with E-state index >= 15 is 0 Å². The molecule has 1 heterocycles. The van der Waals surface area contributed by atoms with Gasteiger partial charge in [-0.1, -0.05) is 15.9 Å². The lowest BCUT2D eigenvalue weighted by atomic mass is 10.2. The van der Waals surface area contributed by atoms with E-state index in [1.54, 1.807) is 25.2 Å². The van der Waals surface area contributed by atoms with Crippen LogP contribution in [0.1, 0.15) is 5.56 Å². The zero-order chi connectivity index (χ0) is 14.8. The topological polar surface area (TPSA) is 71.1 Å². The molecule has 0 saturated carbocycles. The maximum absolute atomic E-state index is 12.4. The summed E-state index contributed by atoms with van der Waals surface area (Å²) in [4.78, 5) is 3.99. The van der Waals surface area contributed by atoms with Gasteiger partial charge in [0.05, 0.1) is 11.4 Å². The Bertz CT molecular complexity index is 732. The van der Waals surface area contributed by atoms with Crippen molar-refractivity contribution in [2.24, 2.45) is 0 Å². The van der Waals surface area contributed by atoms with E-state index in [-0.39, 0.29) is 4.90 Å². The number of halogens is 1. The molecule has 5 nitrogen and oxygen atoms in total. The van der Waals surface area contributed by atoms with Gasteiger partial charge in [-0.3, -0.25) is 9.71 Å². The summed E-state index contributed by atoms with van der Waals surface area (Å²) in [6.07, 6.45) is 2.86. The molecule has 0 aliphatic carbocycles. The summed E-state index contributed by atoms with van der Waals surface area (Å²) >= 11 is 3.35. The minimum absolute atomic E-state index is 0.116. The molecule has 2 aromatic rings. The van der Waals surface area contributed by atoms with E-state index < -0.39 is 10.0 Å². The van der Waals surface area contributed by atoms with Gasteiger partial charge in [-0.2, -0.15) is 0 Å². The Morgan fingerprint density at radius 2 is 1.95 bits per heavy atom. The average Bonchev–Trinajstić information content (AvgIpc) is 2.42. The van der Waals surface area contributed by atoms with Crippen molar-refractivity contribution in [2.75, 3.05) is 17.1 Å². The number of hydrogen-bond donors (Lipinski definition) is 2. The van der Waals surface area contributed by atoms with Crippen LogP contribution in [0.4, 0.5) is 11.4 Å². The molecule has 0 radical (unpaired) electrons. The molecule has 106 valence electrons. The monoisotopic (exact) mass is 355 g/mol. The fourth-order valence-electron chi connectivity index (χ4n) is 1.74. The number of anilines is 2. The summed E-state index contributed by atoms with van der Waals surface area (Å²) in [5.74, 6) is 0. The summed E-state index contributed by atoms with van der Waals surface area (Å²) in [6, 6.07) is 6.96. The van der Waals surface area contributed by atoms with E-state index in [1.165, 1.54) is 12.4 Å². The second-order valence-corrected chi connectivity index (χ2v) is 6.75. The Morgan fingerprint density at radius 1 is 1.20 bits per heavy atom. The predicted molar refractivity (Wildman–Crippen MR) is 83.5 cm³/mol. The molecule has 0 spiro atoms. The quantitative estimate of drug-likeness (QED) is 0.884. The highest BCUT2D eigenvalue weighted by molar-refractivity contribution is 9.10. The highest BCUT2D eigenvalue weighted by Crippen LogP contribution is 2.25. The van der Waals surface area contributed by atoms with E-state index in [0.29, 0.717) is 11.4 Å². The van der Waals surface area contributed by atoms with E-state index in [0.717, 1.165) is 10.0 Å². The highest BCUT2D eigenvalue weighted by Gasteiger charge is 2.19. The van der Waals surface area contributed by atoms with Crippen LogP contribution in [0.5, 0.6) is 0 Å². The minimum Gasteiger partial charge on any atom is -0.387 e. The highest BCUT2D eigenvalue weighted by atomic mass is 79.9. The van der Waals surface area contributed by atoms with Crippen LogP contribution in [0.15, 0.2) is 46.0 Å². The lowest BCUT2D eigenvalue weighted by Crippen LogP contribution is -2.15. The third kappa shape index (κ3) is 3.10. The number of nitrogens with zero attached hydrogens (tertiary/aromatic N) is 1. The number of nitrogens with one attached hydrogen (secondary N) is 2. The Morgan fingerprint density at radius 3 is 2.60 bits per heavy atom. The fourth-order valence-corrected chi connectivity index (χ4v) is 3.51. The van der Waals surface area contributed by atoms with Crippen molar-refractivity contribution < 1.29 is 8.42 Å². The van der Waals surface area contributed by atoms with E-state index in [9.17, 15) is 8.42 Å². The largest absolute Gasteiger partial charge is 0.387 e. The minimum atomic E-state index is -3.68. The Balaban J connectivity index is 2.41. The van der Waals surface area contributed by atoms with E-state index in [1.807, 2.05) is 13.0 Å². The SMILES string of the molecule is CNc1ccncc1S(=O)(=O)Nc1ccc(Br)cc1C. The molecule has 2 rings (SSSR count). The maximum Gasteiger partial charge on any atom is 0.265 e. The molecule has 20 heavy (non-hydrogen) atoms. The molecular formula is C13H14BrN3O2S. The van der Waals surface area contributed by atoms with E-state index in [2.05, 4.69) is 31.0 Å². The number of aryl methyl sites for hydroxylation is 1. The van der Waals surface area contributed by atoms with Crippen LogP contribution in [0, 0.1) is 6.92 Å². The van der Waals surface area contributed by atoms with Gasteiger partial charge in [0.15, 0.2) is 0 Å². The van der Waals surface area contributed by atoms with Crippen LogP contribution >= 0.6 is 15.9 Å². The first-order valence-electron chi connectivity index (χ1n) is 5.85. The van der Waals surface area contributed by atoms with Crippen LogP contribution in [-0.2, 0) is 10.0 Å². The number of sulfonamides is 1. The molecular weight excluding hydrogens is 342 g/mol. The number of aromatic nitrogens is 1. The van der Waals surface area contributed by atoms with Crippen molar-refractivity contribution in [3.8, 4) is 0 Å². The second kappa shape index (κ2) is 5.80. The first-order valence-corrected chi connectivity index (χ1v) is 8.12. The van der Waals surface area contributed by atoms with Crippen molar-refractivity contribution in [1.82, 2.24) is 4.98 Å². The molecule has 0 aliphatic heterocycles. The van der Waals surface area contributed by atoms with Gasteiger partial charge in [0.2, 0.25) is 0 Å². The van der Waals surface area contributed by atoms with Gasteiger partial charge in [-0.15, -0.1) is 0 Å². The van der Waals surface area contributed by atoms with Crippen LogP contribution < -0.4 is 10.0 Å². The summed E-state index contributed by atoms with van der Waals surface area (Å²) < 4.78 is 28.3. The smallest absolute Gasteiger partial charge is 0.265 e. The Hall–Kier alpha value is -1.60. The third-order valence-corrected chi connectivity index (χ3v) is 4.66. The molecule has 0 fully saturated rings. The van der Waals surface area contributed by atoms with Crippen LogP contribution in [0.25, 0.3) is 0 Å². The normalized spacial score (nSPS) is 11.2. The third-order valence-electron chi connectivity index (χ3n) is 2.78. The standard InChI is InChI=1S/C13H14BrN3O2S/c1-9-7-10(14)3-4-11(9)17-20(18,19)13-8-16-6-5-12(13)15-2/h3-8,17H,1-2H3,(H,15,16). The Kier molecular flexibility index (Phi) is 4.29. The molecule has 0 amide bonds. The van der Waals surface area contributed by atoms with Gasteiger partial charge >= 0.3 is 0 Å². The molecule has 1 aromatic carbocycles. The summed E-state index contributed by atoms with van der Waals surface area (Å²) in [6.45, 7) is 1.84. The Labute approximate surface area is 126 Å². The van der Waals surface area contributed by atoms with E-state index in [4.69, 9.17) is 0 Å². The molecule has 2 N–H and O–H groups in total. The van der Waals surface area contributed by atoms with Gasteiger partial charge in [0.25, 0.3) is 10.0 Å². The molecule has 0 saturated heterocycles. The second-order valence-electron chi connectivity index (χ2n) is 4.19. The average molecular weight is 356 g/mol. The molecule has 0 aliphatic rings. The lowest BCUT2D eigenvalue weighted by molar-refractivity contribution is 0.601. The summed E-state index contributed by atoms with van der Waals surface area (Å²) in [7, 11) is -2.02. The zero-order valence-electron chi connectivity index (χ0n) is 11.0. The molecule has 1 aromatic heterocycles. The number of rotatable bonds is 4. The number of hydrogen-bond acceptors (Lipinski definition) is 4. The maximum atomic E-state index is 12.4.